The van der Waals surface area contributed by atoms with Gasteiger partial charge < -0.3 is 10.5 Å². The summed E-state index contributed by atoms with van der Waals surface area (Å²) in [6.07, 6.45) is 6.08. The van der Waals surface area contributed by atoms with E-state index in [1.165, 1.54) is 36.8 Å². The van der Waals surface area contributed by atoms with Crippen molar-refractivity contribution in [2.45, 2.75) is 45.1 Å². The van der Waals surface area contributed by atoms with Crippen LogP contribution in [0.3, 0.4) is 0 Å². The quantitative estimate of drug-likeness (QED) is 0.888. The fourth-order valence-corrected chi connectivity index (χ4v) is 3.44. The van der Waals surface area contributed by atoms with Crippen molar-refractivity contribution >= 4 is 0 Å². The lowest BCUT2D eigenvalue weighted by Crippen LogP contribution is -2.25. The van der Waals surface area contributed by atoms with Gasteiger partial charge in [-0.2, -0.15) is 0 Å². The normalized spacial score (nSPS) is 30.2. The van der Waals surface area contributed by atoms with Crippen LogP contribution >= 0.6 is 0 Å². The third-order valence-electron chi connectivity index (χ3n) is 4.85. The van der Waals surface area contributed by atoms with Crippen molar-refractivity contribution in [3.05, 3.63) is 29.3 Å². The zero-order valence-corrected chi connectivity index (χ0v) is 11.2. The molecule has 0 bridgehead atoms. The highest BCUT2D eigenvalue weighted by atomic mass is 16.5. The van der Waals surface area contributed by atoms with Gasteiger partial charge in [-0.05, 0) is 54.7 Å². The number of aryl methyl sites for hydroxylation is 1. The van der Waals surface area contributed by atoms with Crippen molar-refractivity contribution in [1.29, 1.82) is 0 Å². The molecule has 0 radical (unpaired) electrons. The van der Waals surface area contributed by atoms with Crippen LogP contribution in [0.15, 0.2) is 18.2 Å². The van der Waals surface area contributed by atoms with E-state index in [1.807, 2.05) is 0 Å². The summed E-state index contributed by atoms with van der Waals surface area (Å²) >= 11 is 0. The van der Waals surface area contributed by atoms with Gasteiger partial charge in [-0.25, -0.2) is 0 Å². The second kappa shape index (κ2) is 4.93. The van der Waals surface area contributed by atoms with Gasteiger partial charge in [-0.1, -0.05) is 19.1 Å². The van der Waals surface area contributed by atoms with Crippen LogP contribution in [0.1, 0.15) is 37.3 Å². The van der Waals surface area contributed by atoms with Gasteiger partial charge in [-0.3, -0.25) is 0 Å². The van der Waals surface area contributed by atoms with Gasteiger partial charge >= 0.3 is 0 Å². The van der Waals surface area contributed by atoms with Crippen LogP contribution in [0, 0.1) is 11.8 Å². The molecule has 1 aliphatic carbocycles. The molecule has 1 saturated carbocycles. The third kappa shape index (κ3) is 2.26. The van der Waals surface area contributed by atoms with Crippen LogP contribution in [0.2, 0.25) is 0 Å². The number of ether oxygens (including phenoxy) is 1. The molecule has 98 valence electrons. The van der Waals surface area contributed by atoms with Crippen LogP contribution < -0.4 is 10.5 Å². The molecule has 2 heteroatoms. The summed E-state index contributed by atoms with van der Waals surface area (Å²) < 4.78 is 5.55. The lowest BCUT2D eigenvalue weighted by molar-refractivity contribution is 0.356. The summed E-state index contributed by atoms with van der Waals surface area (Å²) in [6, 6.07) is 7.14. The van der Waals surface area contributed by atoms with E-state index in [2.05, 4.69) is 25.1 Å². The molecule has 0 amide bonds. The standard InChI is InChI=1S/C16H23NO/c1-11-13(5-6-15(11)17)4-2-12-3-7-16-14(10-12)8-9-18-16/h3,7,10-11,13,15H,2,4-6,8-9,17H2,1H3. The molecule has 1 fully saturated rings. The van der Waals surface area contributed by atoms with E-state index >= 15 is 0 Å². The molecular formula is C16H23NO. The Labute approximate surface area is 110 Å². The molecule has 1 heterocycles. The van der Waals surface area contributed by atoms with Crippen LogP contribution in [-0.2, 0) is 12.8 Å². The minimum Gasteiger partial charge on any atom is -0.493 e. The molecule has 1 aliphatic heterocycles. The van der Waals surface area contributed by atoms with E-state index in [0.717, 1.165) is 24.7 Å². The third-order valence-corrected chi connectivity index (χ3v) is 4.85. The number of fused-ring (bicyclic) bond motifs is 1. The molecule has 1 aromatic carbocycles. The van der Waals surface area contributed by atoms with Crippen LogP contribution in [0.4, 0.5) is 0 Å². The summed E-state index contributed by atoms with van der Waals surface area (Å²) in [5.41, 5.74) is 8.95. The van der Waals surface area contributed by atoms with Crippen molar-refractivity contribution in [3.63, 3.8) is 0 Å². The second-order valence-corrected chi connectivity index (χ2v) is 5.94. The summed E-state index contributed by atoms with van der Waals surface area (Å²) in [7, 11) is 0. The summed E-state index contributed by atoms with van der Waals surface area (Å²) in [5, 5.41) is 0. The lowest BCUT2D eigenvalue weighted by Gasteiger charge is -2.18. The monoisotopic (exact) mass is 245 g/mol. The fourth-order valence-electron chi connectivity index (χ4n) is 3.44. The summed E-state index contributed by atoms with van der Waals surface area (Å²) in [6.45, 7) is 3.17. The highest BCUT2D eigenvalue weighted by molar-refractivity contribution is 5.39. The molecule has 2 N–H and O–H groups in total. The summed E-state index contributed by atoms with van der Waals surface area (Å²) in [5.74, 6) is 2.61. The Bertz CT molecular complexity index is 429. The fraction of sp³-hybridized carbons (Fsp3) is 0.625. The topological polar surface area (TPSA) is 35.2 Å². The van der Waals surface area contributed by atoms with Gasteiger partial charge in [0, 0.05) is 12.5 Å². The molecule has 2 aliphatic rings. The Kier molecular flexibility index (Phi) is 3.29. The summed E-state index contributed by atoms with van der Waals surface area (Å²) in [4.78, 5) is 0. The molecule has 0 aromatic heterocycles. The van der Waals surface area contributed by atoms with Gasteiger partial charge in [0.15, 0.2) is 0 Å². The zero-order chi connectivity index (χ0) is 12.5. The zero-order valence-electron chi connectivity index (χ0n) is 11.2. The van der Waals surface area contributed by atoms with Crippen molar-refractivity contribution in [2.75, 3.05) is 6.61 Å². The second-order valence-electron chi connectivity index (χ2n) is 5.94. The van der Waals surface area contributed by atoms with E-state index in [-0.39, 0.29) is 0 Å². The van der Waals surface area contributed by atoms with Crippen LogP contribution in [0.25, 0.3) is 0 Å². The van der Waals surface area contributed by atoms with Gasteiger partial charge in [0.25, 0.3) is 0 Å². The molecule has 3 rings (SSSR count). The molecule has 0 saturated heterocycles. The first-order valence-electron chi connectivity index (χ1n) is 7.24. The Morgan fingerprint density at radius 1 is 1.33 bits per heavy atom. The Hall–Kier alpha value is -1.02. The number of rotatable bonds is 3. The predicted octanol–water partition coefficient (Wildman–Crippen LogP) is 2.93. The Morgan fingerprint density at radius 2 is 2.22 bits per heavy atom. The number of hydrogen-bond donors (Lipinski definition) is 1. The van der Waals surface area contributed by atoms with E-state index in [4.69, 9.17) is 10.5 Å². The van der Waals surface area contributed by atoms with Gasteiger partial charge in [0.1, 0.15) is 5.75 Å². The molecule has 0 spiro atoms. The number of hydrogen-bond acceptors (Lipinski definition) is 2. The smallest absolute Gasteiger partial charge is 0.122 e. The van der Waals surface area contributed by atoms with Gasteiger partial charge in [0.2, 0.25) is 0 Å². The maximum Gasteiger partial charge on any atom is 0.122 e. The van der Waals surface area contributed by atoms with Crippen molar-refractivity contribution in [2.24, 2.45) is 17.6 Å². The molecule has 3 unspecified atom stereocenters. The molecule has 3 atom stereocenters. The average Bonchev–Trinajstić information content (AvgIpc) is 2.96. The molecule has 18 heavy (non-hydrogen) atoms. The highest BCUT2D eigenvalue weighted by Gasteiger charge is 2.29. The predicted molar refractivity (Wildman–Crippen MR) is 73.8 cm³/mol. The molecule has 1 aromatic rings. The first kappa shape index (κ1) is 12.0. The van der Waals surface area contributed by atoms with Crippen LogP contribution in [0.5, 0.6) is 5.75 Å². The minimum absolute atomic E-state index is 0.434. The number of nitrogens with two attached hydrogens (primary N) is 1. The van der Waals surface area contributed by atoms with E-state index in [0.29, 0.717) is 12.0 Å². The minimum atomic E-state index is 0.434. The lowest BCUT2D eigenvalue weighted by atomic mass is 9.90. The largest absolute Gasteiger partial charge is 0.493 e. The maximum absolute atomic E-state index is 6.09. The van der Waals surface area contributed by atoms with Crippen LogP contribution in [-0.4, -0.2) is 12.6 Å². The first-order chi connectivity index (χ1) is 8.74. The van der Waals surface area contributed by atoms with Gasteiger partial charge in [-0.15, -0.1) is 0 Å². The number of benzene rings is 1. The van der Waals surface area contributed by atoms with Crippen molar-refractivity contribution in [3.8, 4) is 5.75 Å². The first-order valence-corrected chi connectivity index (χ1v) is 7.24. The highest BCUT2D eigenvalue weighted by Crippen LogP contribution is 2.34. The Balaban J connectivity index is 1.60. The van der Waals surface area contributed by atoms with E-state index < -0.39 is 0 Å². The average molecular weight is 245 g/mol. The van der Waals surface area contributed by atoms with Crippen molar-refractivity contribution < 1.29 is 4.74 Å². The molecule has 2 nitrogen and oxygen atoms in total. The molecular weight excluding hydrogens is 222 g/mol. The maximum atomic E-state index is 6.09. The van der Waals surface area contributed by atoms with E-state index in [9.17, 15) is 0 Å². The SMILES string of the molecule is CC1C(N)CCC1CCc1ccc2c(c1)CCO2. The van der Waals surface area contributed by atoms with Crippen molar-refractivity contribution in [1.82, 2.24) is 0 Å². The van der Waals surface area contributed by atoms with Gasteiger partial charge in [0.05, 0.1) is 6.61 Å². The van der Waals surface area contributed by atoms with E-state index in [1.54, 1.807) is 0 Å². The Morgan fingerprint density at radius 3 is 3.00 bits per heavy atom.